The van der Waals surface area contributed by atoms with Crippen LogP contribution in [-0.4, -0.2) is 11.6 Å². The molecule has 0 aliphatic heterocycles. The molecule has 1 heterocycles. The first-order chi connectivity index (χ1) is 8.72. The SMILES string of the molecule is CCOc1ccccc1Nc1c(N)cncc1Br. The molecule has 0 saturated carbocycles. The van der Waals surface area contributed by atoms with E-state index >= 15 is 0 Å². The molecular weight excluding hydrogens is 294 g/mol. The summed E-state index contributed by atoms with van der Waals surface area (Å²) in [6.07, 6.45) is 3.30. The second-order valence-corrected chi connectivity index (χ2v) is 4.49. The molecule has 0 amide bonds. The van der Waals surface area contributed by atoms with Crippen LogP contribution in [0.5, 0.6) is 5.75 Å². The highest BCUT2D eigenvalue weighted by atomic mass is 79.9. The van der Waals surface area contributed by atoms with E-state index in [2.05, 4.69) is 26.2 Å². The smallest absolute Gasteiger partial charge is 0.142 e. The fourth-order valence-corrected chi connectivity index (χ4v) is 2.01. The molecule has 0 spiro atoms. The highest BCUT2D eigenvalue weighted by molar-refractivity contribution is 9.10. The number of benzene rings is 1. The lowest BCUT2D eigenvalue weighted by Crippen LogP contribution is -2.01. The first-order valence-corrected chi connectivity index (χ1v) is 6.39. The summed E-state index contributed by atoms with van der Waals surface area (Å²) in [7, 11) is 0. The number of ether oxygens (including phenoxy) is 1. The summed E-state index contributed by atoms with van der Waals surface area (Å²) >= 11 is 3.42. The third-order valence-corrected chi connectivity index (χ3v) is 2.98. The number of nitrogens with two attached hydrogens (primary N) is 1. The van der Waals surface area contributed by atoms with Crippen molar-refractivity contribution in [2.24, 2.45) is 0 Å². The van der Waals surface area contributed by atoms with Gasteiger partial charge in [-0.05, 0) is 35.0 Å². The lowest BCUT2D eigenvalue weighted by molar-refractivity contribution is 0.342. The van der Waals surface area contributed by atoms with Gasteiger partial charge in [0.2, 0.25) is 0 Å². The Morgan fingerprint density at radius 1 is 1.33 bits per heavy atom. The number of nitrogens with zero attached hydrogens (tertiary/aromatic N) is 1. The zero-order chi connectivity index (χ0) is 13.0. The molecule has 0 atom stereocenters. The molecule has 0 aliphatic rings. The molecule has 0 radical (unpaired) electrons. The molecule has 0 aliphatic carbocycles. The lowest BCUT2D eigenvalue weighted by atomic mass is 10.2. The van der Waals surface area contributed by atoms with Gasteiger partial charge in [0.05, 0.1) is 34.3 Å². The zero-order valence-electron chi connectivity index (χ0n) is 9.98. The van der Waals surface area contributed by atoms with E-state index in [9.17, 15) is 0 Å². The Bertz CT molecular complexity index is 525. The molecule has 2 rings (SSSR count). The molecule has 5 heteroatoms. The van der Waals surface area contributed by atoms with Gasteiger partial charge in [0.1, 0.15) is 5.75 Å². The first kappa shape index (κ1) is 12.7. The maximum Gasteiger partial charge on any atom is 0.142 e. The van der Waals surface area contributed by atoms with Crippen molar-refractivity contribution in [1.29, 1.82) is 0 Å². The normalized spacial score (nSPS) is 10.1. The Hall–Kier alpha value is -1.75. The third-order valence-electron chi connectivity index (χ3n) is 2.38. The maximum absolute atomic E-state index is 5.90. The van der Waals surface area contributed by atoms with E-state index in [4.69, 9.17) is 10.5 Å². The van der Waals surface area contributed by atoms with Crippen molar-refractivity contribution in [3.8, 4) is 5.75 Å². The molecule has 4 nitrogen and oxygen atoms in total. The highest BCUT2D eigenvalue weighted by Crippen LogP contribution is 2.34. The molecule has 0 unspecified atom stereocenters. The van der Waals surface area contributed by atoms with Gasteiger partial charge in [-0.15, -0.1) is 0 Å². The van der Waals surface area contributed by atoms with Crippen LogP contribution in [-0.2, 0) is 0 Å². The van der Waals surface area contributed by atoms with Gasteiger partial charge >= 0.3 is 0 Å². The van der Waals surface area contributed by atoms with Gasteiger partial charge in [-0.25, -0.2) is 0 Å². The second-order valence-electron chi connectivity index (χ2n) is 3.64. The number of pyridine rings is 1. The second kappa shape index (κ2) is 5.73. The van der Waals surface area contributed by atoms with Crippen LogP contribution in [0.25, 0.3) is 0 Å². The third kappa shape index (κ3) is 2.73. The minimum absolute atomic E-state index is 0.579. The van der Waals surface area contributed by atoms with E-state index < -0.39 is 0 Å². The van der Waals surface area contributed by atoms with Crippen molar-refractivity contribution in [2.45, 2.75) is 6.92 Å². The number of hydrogen-bond donors (Lipinski definition) is 2. The molecule has 3 N–H and O–H groups in total. The largest absolute Gasteiger partial charge is 0.492 e. The summed E-state index contributed by atoms with van der Waals surface area (Å²) in [6, 6.07) is 7.73. The minimum Gasteiger partial charge on any atom is -0.492 e. The Morgan fingerprint density at radius 2 is 2.11 bits per heavy atom. The quantitative estimate of drug-likeness (QED) is 0.906. The van der Waals surface area contributed by atoms with Crippen LogP contribution in [0.3, 0.4) is 0 Å². The van der Waals surface area contributed by atoms with E-state index in [1.54, 1.807) is 12.4 Å². The number of rotatable bonds is 4. The number of nitrogens with one attached hydrogen (secondary N) is 1. The Morgan fingerprint density at radius 3 is 2.83 bits per heavy atom. The Labute approximate surface area is 114 Å². The van der Waals surface area contributed by atoms with Gasteiger partial charge < -0.3 is 15.8 Å². The van der Waals surface area contributed by atoms with Gasteiger partial charge in [-0.3, -0.25) is 4.98 Å². The minimum atomic E-state index is 0.579. The number of halogens is 1. The average molecular weight is 308 g/mol. The molecule has 18 heavy (non-hydrogen) atoms. The monoisotopic (exact) mass is 307 g/mol. The summed E-state index contributed by atoms with van der Waals surface area (Å²) in [5, 5.41) is 3.26. The van der Waals surface area contributed by atoms with Gasteiger partial charge in [0.15, 0.2) is 0 Å². The van der Waals surface area contributed by atoms with Crippen molar-refractivity contribution < 1.29 is 4.74 Å². The van der Waals surface area contributed by atoms with Crippen LogP contribution in [0.4, 0.5) is 17.1 Å². The standard InChI is InChI=1S/C13H14BrN3O/c1-2-18-12-6-4-3-5-11(12)17-13-9(14)7-16-8-10(13)15/h3-8H,2,15H2,1H3,(H,16,17). The summed E-state index contributed by atoms with van der Waals surface area (Å²) in [5.41, 5.74) is 8.14. The van der Waals surface area contributed by atoms with Crippen LogP contribution in [0, 0.1) is 0 Å². The van der Waals surface area contributed by atoms with Gasteiger partial charge in [-0.2, -0.15) is 0 Å². The molecule has 94 valence electrons. The van der Waals surface area contributed by atoms with Crippen molar-refractivity contribution in [2.75, 3.05) is 17.7 Å². The fourth-order valence-electron chi connectivity index (χ4n) is 1.57. The molecule has 0 bridgehead atoms. The maximum atomic E-state index is 5.90. The lowest BCUT2D eigenvalue weighted by Gasteiger charge is -2.14. The van der Waals surface area contributed by atoms with E-state index in [0.717, 1.165) is 21.6 Å². The van der Waals surface area contributed by atoms with Crippen LogP contribution < -0.4 is 15.8 Å². The molecule has 1 aromatic carbocycles. The highest BCUT2D eigenvalue weighted by Gasteiger charge is 2.08. The van der Waals surface area contributed by atoms with E-state index in [0.29, 0.717) is 12.3 Å². The van der Waals surface area contributed by atoms with Gasteiger partial charge in [0.25, 0.3) is 0 Å². The van der Waals surface area contributed by atoms with Crippen molar-refractivity contribution in [3.05, 3.63) is 41.1 Å². The summed E-state index contributed by atoms with van der Waals surface area (Å²) in [4.78, 5) is 4.00. The number of nitrogen functional groups attached to an aromatic ring is 1. The van der Waals surface area contributed by atoms with Crippen LogP contribution >= 0.6 is 15.9 Å². The summed E-state index contributed by atoms with van der Waals surface area (Å²) < 4.78 is 6.37. The predicted octanol–water partition coefficient (Wildman–Crippen LogP) is 3.57. The number of anilines is 3. The summed E-state index contributed by atoms with van der Waals surface area (Å²) in [5.74, 6) is 0.795. The number of para-hydroxylation sites is 2. The van der Waals surface area contributed by atoms with Crippen molar-refractivity contribution >= 4 is 33.0 Å². The van der Waals surface area contributed by atoms with Crippen molar-refractivity contribution in [3.63, 3.8) is 0 Å². The van der Waals surface area contributed by atoms with Crippen molar-refractivity contribution in [1.82, 2.24) is 4.98 Å². The van der Waals surface area contributed by atoms with Crippen LogP contribution in [0.1, 0.15) is 6.92 Å². The molecule has 1 aromatic heterocycles. The predicted molar refractivity (Wildman–Crippen MR) is 77.2 cm³/mol. The average Bonchev–Trinajstić information content (AvgIpc) is 2.36. The molecule has 0 fully saturated rings. The molecule has 0 saturated heterocycles. The number of hydrogen-bond acceptors (Lipinski definition) is 4. The Balaban J connectivity index is 2.34. The van der Waals surface area contributed by atoms with Gasteiger partial charge in [0, 0.05) is 6.20 Å². The van der Waals surface area contributed by atoms with Crippen LogP contribution in [0.15, 0.2) is 41.1 Å². The Kier molecular flexibility index (Phi) is 4.04. The first-order valence-electron chi connectivity index (χ1n) is 5.60. The molecular formula is C13H14BrN3O. The van der Waals surface area contributed by atoms with E-state index in [1.807, 2.05) is 31.2 Å². The topological polar surface area (TPSA) is 60.2 Å². The van der Waals surface area contributed by atoms with Crippen LogP contribution in [0.2, 0.25) is 0 Å². The summed E-state index contributed by atoms with van der Waals surface area (Å²) in [6.45, 7) is 2.57. The van der Waals surface area contributed by atoms with E-state index in [1.165, 1.54) is 0 Å². The van der Waals surface area contributed by atoms with Gasteiger partial charge in [-0.1, -0.05) is 12.1 Å². The van der Waals surface area contributed by atoms with E-state index in [-0.39, 0.29) is 0 Å². The fraction of sp³-hybridized carbons (Fsp3) is 0.154. The number of aromatic nitrogens is 1. The zero-order valence-corrected chi connectivity index (χ0v) is 11.6. The molecule has 2 aromatic rings.